The van der Waals surface area contributed by atoms with E-state index in [0.29, 0.717) is 21.7 Å². The van der Waals surface area contributed by atoms with Gasteiger partial charge in [0.25, 0.3) is 0 Å². The molecule has 1 aromatic heterocycles. The lowest BCUT2D eigenvalue weighted by Crippen LogP contribution is -2.44. The molecule has 0 unspecified atom stereocenters. The summed E-state index contributed by atoms with van der Waals surface area (Å²) in [6.45, 7) is 4.76. The average molecular weight is 508 g/mol. The van der Waals surface area contributed by atoms with Crippen LogP contribution in [0.4, 0.5) is 5.95 Å². The number of fused-ring (bicyclic) bond motifs is 1. The normalized spacial score (nSPS) is 19.4. The molecule has 3 heterocycles. The van der Waals surface area contributed by atoms with Crippen LogP contribution in [0.3, 0.4) is 0 Å². The Morgan fingerprint density at radius 2 is 1.82 bits per heavy atom. The zero-order valence-electron chi connectivity index (χ0n) is 18.3. The van der Waals surface area contributed by atoms with Crippen molar-refractivity contribution < 1.29 is 9.53 Å². The van der Waals surface area contributed by atoms with E-state index in [2.05, 4.69) is 14.8 Å². The van der Waals surface area contributed by atoms with Crippen molar-refractivity contribution in [2.24, 2.45) is 5.92 Å². The largest absolute Gasteiger partial charge is 0.379 e. The number of aromatic nitrogens is 2. The van der Waals surface area contributed by atoms with Crippen LogP contribution in [-0.2, 0) is 9.53 Å². The molecule has 3 aromatic rings. The fourth-order valence-electron chi connectivity index (χ4n) is 4.56. The van der Waals surface area contributed by atoms with E-state index in [9.17, 15) is 4.79 Å². The summed E-state index contributed by atoms with van der Waals surface area (Å²) in [6, 6.07) is 9.73. The standard InChI is InChI=1S/C24H25Cl3N4O2/c1-14-2-3-17(10-18(14)25)31-22-12-20(27)19(26)11-21(22)29-24(31)30-7-4-15(5-8-30)23(32)28-16-6-9-33-13-16/h2-3,10-12,15-16H,4-9,13H2,1H3,(H,28,32)/t16-/m1/s1. The predicted molar refractivity (Wildman–Crippen MR) is 133 cm³/mol. The molecule has 2 aromatic carbocycles. The maximum Gasteiger partial charge on any atom is 0.223 e. The van der Waals surface area contributed by atoms with Crippen molar-refractivity contribution in [1.29, 1.82) is 0 Å². The van der Waals surface area contributed by atoms with Gasteiger partial charge in [0.1, 0.15) is 0 Å². The zero-order chi connectivity index (χ0) is 23.1. The monoisotopic (exact) mass is 506 g/mol. The van der Waals surface area contributed by atoms with Crippen LogP contribution in [0, 0.1) is 12.8 Å². The Balaban J connectivity index is 1.44. The first kappa shape index (κ1) is 22.8. The molecule has 2 aliphatic heterocycles. The van der Waals surface area contributed by atoms with E-state index >= 15 is 0 Å². The zero-order valence-corrected chi connectivity index (χ0v) is 20.6. The summed E-state index contributed by atoms with van der Waals surface area (Å²) in [5.74, 6) is 0.922. The molecule has 33 heavy (non-hydrogen) atoms. The Bertz CT molecular complexity index is 1200. The lowest BCUT2D eigenvalue weighted by molar-refractivity contribution is -0.126. The molecule has 1 N–H and O–H groups in total. The number of ether oxygens (including phenoxy) is 1. The molecule has 0 bridgehead atoms. The van der Waals surface area contributed by atoms with E-state index in [0.717, 1.165) is 67.2 Å². The fourth-order valence-corrected chi connectivity index (χ4v) is 5.05. The molecule has 0 aliphatic carbocycles. The number of piperidine rings is 1. The van der Waals surface area contributed by atoms with Gasteiger partial charge in [0.05, 0.1) is 39.4 Å². The highest BCUT2D eigenvalue weighted by Gasteiger charge is 2.30. The first-order chi connectivity index (χ1) is 15.9. The Morgan fingerprint density at radius 3 is 2.52 bits per heavy atom. The number of rotatable bonds is 4. The van der Waals surface area contributed by atoms with Gasteiger partial charge in [-0.05, 0) is 56.0 Å². The van der Waals surface area contributed by atoms with Crippen LogP contribution in [0.2, 0.25) is 15.1 Å². The highest BCUT2D eigenvalue weighted by molar-refractivity contribution is 6.42. The van der Waals surface area contributed by atoms with Gasteiger partial charge < -0.3 is 15.0 Å². The van der Waals surface area contributed by atoms with Gasteiger partial charge in [0.2, 0.25) is 11.9 Å². The van der Waals surface area contributed by atoms with Crippen molar-refractivity contribution >= 4 is 57.7 Å². The van der Waals surface area contributed by atoms with Crippen LogP contribution in [0.25, 0.3) is 16.7 Å². The number of anilines is 1. The molecule has 2 aliphatic rings. The van der Waals surface area contributed by atoms with Gasteiger partial charge in [-0.1, -0.05) is 40.9 Å². The number of benzene rings is 2. The van der Waals surface area contributed by atoms with E-state index in [1.807, 2.05) is 31.2 Å². The Kier molecular flexibility index (Phi) is 6.45. The summed E-state index contributed by atoms with van der Waals surface area (Å²) in [7, 11) is 0. The number of nitrogens with zero attached hydrogens (tertiary/aromatic N) is 3. The first-order valence-electron chi connectivity index (χ1n) is 11.2. The molecular formula is C24H25Cl3N4O2. The smallest absolute Gasteiger partial charge is 0.223 e. The lowest BCUT2D eigenvalue weighted by Gasteiger charge is -2.33. The minimum atomic E-state index is -0.00242. The fraction of sp³-hybridized carbons (Fsp3) is 0.417. The molecule has 0 radical (unpaired) electrons. The van der Waals surface area contributed by atoms with Gasteiger partial charge in [-0.2, -0.15) is 0 Å². The Labute approximate surface area is 207 Å². The van der Waals surface area contributed by atoms with Crippen molar-refractivity contribution in [3.8, 4) is 5.69 Å². The maximum absolute atomic E-state index is 12.7. The van der Waals surface area contributed by atoms with Crippen molar-refractivity contribution in [3.63, 3.8) is 0 Å². The van der Waals surface area contributed by atoms with Crippen LogP contribution >= 0.6 is 34.8 Å². The molecule has 0 spiro atoms. The minimum Gasteiger partial charge on any atom is -0.379 e. The molecule has 174 valence electrons. The lowest BCUT2D eigenvalue weighted by atomic mass is 9.95. The number of hydrogen-bond donors (Lipinski definition) is 1. The number of amides is 1. The molecule has 2 saturated heterocycles. The number of carbonyl (C=O) groups excluding carboxylic acids is 1. The number of halogens is 3. The molecule has 2 fully saturated rings. The van der Waals surface area contributed by atoms with Gasteiger partial charge in [-0.3, -0.25) is 9.36 Å². The van der Waals surface area contributed by atoms with Crippen molar-refractivity contribution in [2.45, 2.75) is 32.2 Å². The van der Waals surface area contributed by atoms with Crippen molar-refractivity contribution in [1.82, 2.24) is 14.9 Å². The number of imidazole rings is 1. The minimum absolute atomic E-state index is 0.00242. The summed E-state index contributed by atoms with van der Waals surface area (Å²) in [5, 5.41) is 4.77. The van der Waals surface area contributed by atoms with Crippen LogP contribution in [-0.4, -0.2) is 47.8 Å². The number of hydrogen-bond acceptors (Lipinski definition) is 4. The van der Waals surface area contributed by atoms with Gasteiger partial charge in [0, 0.05) is 30.6 Å². The third-order valence-corrected chi connectivity index (χ3v) is 7.65. The van der Waals surface area contributed by atoms with Crippen LogP contribution < -0.4 is 10.2 Å². The van der Waals surface area contributed by atoms with Gasteiger partial charge in [0.15, 0.2) is 0 Å². The number of aryl methyl sites for hydroxylation is 1. The summed E-state index contributed by atoms with van der Waals surface area (Å²) in [5.41, 5.74) is 3.53. The second-order valence-corrected chi connectivity index (χ2v) is 9.99. The van der Waals surface area contributed by atoms with E-state index in [-0.39, 0.29) is 17.9 Å². The van der Waals surface area contributed by atoms with Gasteiger partial charge >= 0.3 is 0 Å². The second-order valence-electron chi connectivity index (χ2n) is 8.77. The van der Waals surface area contributed by atoms with Crippen LogP contribution in [0.15, 0.2) is 30.3 Å². The van der Waals surface area contributed by atoms with Crippen LogP contribution in [0.1, 0.15) is 24.8 Å². The topological polar surface area (TPSA) is 59.4 Å². The van der Waals surface area contributed by atoms with Crippen molar-refractivity contribution in [3.05, 3.63) is 51.0 Å². The molecule has 1 atom stereocenters. The maximum atomic E-state index is 12.7. The van der Waals surface area contributed by atoms with Crippen molar-refractivity contribution in [2.75, 3.05) is 31.2 Å². The van der Waals surface area contributed by atoms with E-state index in [1.54, 1.807) is 6.07 Å². The third kappa shape index (κ3) is 4.54. The highest BCUT2D eigenvalue weighted by Crippen LogP contribution is 2.35. The summed E-state index contributed by atoms with van der Waals surface area (Å²) >= 11 is 19.1. The van der Waals surface area contributed by atoms with E-state index in [1.165, 1.54) is 0 Å². The quantitative estimate of drug-likeness (QED) is 0.512. The second kappa shape index (κ2) is 9.34. The van der Waals surface area contributed by atoms with Gasteiger partial charge in [-0.25, -0.2) is 4.98 Å². The first-order valence-corrected chi connectivity index (χ1v) is 12.3. The summed E-state index contributed by atoms with van der Waals surface area (Å²) < 4.78 is 7.44. The summed E-state index contributed by atoms with van der Waals surface area (Å²) in [4.78, 5) is 19.8. The number of nitrogens with one attached hydrogen (secondary N) is 1. The molecular weight excluding hydrogens is 483 g/mol. The predicted octanol–water partition coefficient (Wildman–Crippen LogP) is 5.42. The molecule has 9 heteroatoms. The third-order valence-electron chi connectivity index (χ3n) is 6.52. The molecule has 0 saturated carbocycles. The highest BCUT2D eigenvalue weighted by atomic mass is 35.5. The van der Waals surface area contributed by atoms with E-state index < -0.39 is 0 Å². The molecule has 1 amide bonds. The molecule has 5 rings (SSSR count). The average Bonchev–Trinajstić information content (AvgIpc) is 3.44. The molecule has 6 nitrogen and oxygen atoms in total. The SMILES string of the molecule is Cc1ccc(-n2c(N3CCC(C(=O)N[C@@H]4CCOC4)CC3)nc3cc(Cl)c(Cl)cc32)cc1Cl. The Morgan fingerprint density at radius 1 is 1.06 bits per heavy atom. The van der Waals surface area contributed by atoms with Gasteiger partial charge in [-0.15, -0.1) is 0 Å². The number of carbonyl (C=O) groups is 1. The summed E-state index contributed by atoms with van der Waals surface area (Å²) in [6.07, 6.45) is 2.41. The van der Waals surface area contributed by atoms with E-state index in [4.69, 9.17) is 44.5 Å². The van der Waals surface area contributed by atoms with Crippen LogP contribution in [0.5, 0.6) is 0 Å². The Hall–Kier alpha value is -1.99.